The molecule has 0 aliphatic carbocycles. The maximum absolute atomic E-state index is 14.3. The van der Waals surface area contributed by atoms with Crippen molar-refractivity contribution in [1.29, 1.82) is 0 Å². The molecule has 1 atom stereocenters. The van der Waals surface area contributed by atoms with E-state index >= 15 is 0 Å². The minimum Gasteiger partial charge on any atom is -0.394 e. The number of halogens is 6. The number of aromatic amines is 1. The first-order chi connectivity index (χ1) is 14.5. The van der Waals surface area contributed by atoms with Crippen LogP contribution in [0.4, 0.5) is 26.3 Å². The summed E-state index contributed by atoms with van der Waals surface area (Å²) in [7, 11) is 0. The number of aliphatic hydroxyl groups excluding tert-OH is 1. The number of carbonyl (C=O) groups excluding carboxylic acids is 1. The number of hydrogen-bond acceptors (Lipinski definition) is 2. The molecule has 0 aliphatic heterocycles. The lowest BCUT2D eigenvalue weighted by molar-refractivity contribution is -0.167. The molecule has 3 aromatic rings. The lowest BCUT2D eigenvalue weighted by atomic mass is 10.0. The van der Waals surface area contributed by atoms with Gasteiger partial charge < -0.3 is 15.4 Å². The monoisotopic (exact) mass is 442 g/mol. The highest BCUT2D eigenvalue weighted by atomic mass is 19.4. The van der Waals surface area contributed by atoms with Crippen LogP contribution in [0.5, 0.6) is 0 Å². The van der Waals surface area contributed by atoms with Crippen LogP contribution in [-0.2, 0) is 4.79 Å². The summed E-state index contributed by atoms with van der Waals surface area (Å²) < 4.78 is 79.9. The van der Waals surface area contributed by atoms with E-state index in [1.807, 2.05) is 0 Å². The Morgan fingerprint density at radius 3 is 2.35 bits per heavy atom. The van der Waals surface area contributed by atoms with Gasteiger partial charge >= 0.3 is 6.18 Å². The number of nitrogens with one attached hydrogen (secondary N) is 2. The number of carbonyl (C=O) groups is 1. The first kappa shape index (κ1) is 22.4. The van der Waals surface area contributed by atoms with Crippen molar-refractivity contribution in [2.75, 3.05) is 6.61 Å². The predicted molar refractivity (Wildman–Crippen MR) is 102 cm³/mol. The highest BCUT2D eigenvalue weighted by Crippen LogP contribution is 2.34. The minimum atomic E-state index is -4.86. The second-order valence-electron chi connectivity index (χ2n) is 6.81. The fourth-order valence-corrected chi connectivity index (χ4v) is 3.02. The number of benzene rings is 2. The van der Waals surface area contributed by atoms with Gasteiger partial charge in [-0.3, -0.25) is 4.79 Å². The van der Waals surface area contributed by atoms with Crippen molar-refractivity contribution in [3.8, 4) is 11.3 Å². The maximum atomic E-state index is 14.3. The van der Waals surface area contributed by atoms with Crippen LogP contribution in [0, 0.1) is 17.5 Å². The lowest BCUT2D eigenvalue weighted by Gasteiger charge is -2.19. The topological polar surface area (TPSA) is 65.1 Å². The Kier molecular flexibility index (Phi) is 6.12. The Morgan fingerprint density at radius 2 is 1.77 bits per heavy atom. The summed E-state index contributed by atoms with van der Waals surface area (Å²) in [6.07, 6.45) is -3.70. The molecule has 0 bridgehead atoms. The van der Waals surface area contributed by atoms with Crippen LogP contribution in [0.1, 0.15) is 12.5 Å². The molecule has 0 saturated carbocycles. The van der Waals surface area contributed by atoms with E-state index in [9.17, 15) is 31.1 Å². The van der Waals surface area contributed by atoms with Gasteiger partial charge in [-0.25, -0.2) is 13.2 Å². The summed E-state index contributed by atoms with van der Waals surface area (Å²) in [5.41, 5.74) is 0.405. The molecule has 31 heavy (non-hydrogen) atoms. The smallest absolute Gasteiger partial charge is 0.394 e. The van der Waals surface area contributed by atoms with Crippen molar-refractivity contribution >= 4 is 22.9 Å². The van der Waals surface area contributed by atoms with Crippen molar-refractivity contribution < 1.29 is 36.2 Å². The third-order valence-electron chi connectivity index (χ3n) is 4.60. The van der Waals surface area contributed by atoms with Crippen molar-refractivity contribution in [3.63, 3.8) is 0 Å². The quantitative estimate of drug-likeness (QED) is 0.396. The van der Waals surface area contributed by atoms with Crippen LogP contribution < -0.4 is 5.32 Å². The summed E-state index contributed by atoms with van der Waals surface area (Å²) in [6.45, 7) is -0.143. The van der Waals surface area contributed by atoms with E-state index in [1.165, 1.54) is 19.1 Å². The van der Waals surface area contributed by atoms with Crippen LogP contribution in [0.2, 0.25) is 0 Å². The van der Waals surface area contributed by atoms with E-state index in [4.69, 9.17) is 5.11 Å². The fraction of sp³-hybridized carbons (Fsp3) is 0.190. The van der Waals surface area contributed by atoms with Gasteiger partial charge in [0.1, 0.15) is 23.5 Å². The van der Waals surface area contributed by atoms with Gasteiger partial charge in [-0.2, -0.15) is 13.2 Å². The number of alkyl halides is 3. The van der Waals surface area contributed by atoms with Crippen molar-refractivity contribution in [3.05, 3.63) is 65.0 Å². The molecule has 3 N–H and O–H groups in total. The summed E-state index contributed by atoms with van der Waals surface area (Å²) in [4.78, 5) is 15.0. The second-order valence-corrected chi connectivity index (χ2v) is 6.81. The summed E-state index contributed by atoms with van der Waals surface area (Å²) >= 11 is 0. The van der Waals surface area contributed by atoms with Crippen LogP contribution in [0.15, 0.2) is 42.0 Å². The van der Waals surface area contributed by atoms with Gasteiger partial charge in [0.05, 0.1) is 17.8 Å². The van der Waals surface area contributed by atoms with Gasteiger partial charge in [0.15, 0.2) is 0 Å². The molecular formula is C21H16F6N2O2. The molecule has 1 amide bonds. The normalized spacial score (nSPS) is 13.5. The third kappa shape index (κ3) is 4.74. The second kappa shape index (κ2) is 8.46. The Morgan fingerprint density at radius 1 is 1.13 bits per heavy atom. The highest BCUT2D eigenvalue weighted by Gasteiger charge is 2.40. The molecular weight excluding hydrogens is 426 g/mol. The Labute approximate surface area is 172 Å². The van der Waals surface area contributed by atoms with Crippen LogP contribution >= 0.6 is 0 Å². The van der Waals surface area contributed by atoms with E-state index in [0.29, 0.717) is 11.6 Å². The Balaban J connectivity index is 2.12. The van der Waals surface area contributed by atoms with Crippen LogP contribution in [-0.4, -0.2) is 34.8 Å². The van der Waals surface area contributed by atoms with Crippen molar-refractivity contribution in [1.82, 2.24) is 10.3 Å². The molecule has 0 aliphatic rings. The molecule has 0 unspecified atom stereocenters. The summed E-state index contributed by atoms with van der Waals surface area (Å²) in [5, 5.41) is 10.6. The first-order valence-corrected chi connectivity index (χ1v) is 8.94. The number of hydrogen-bond donors (Lipinski definition) is 3. The third-order valence-corrected chi connectivity index (χ3v) is 4.60. The zero-order valence-corrected chi connectivity index (χ0v) is 15.9. The van der Waals surface area contributed by atoms with Gasteiger partial charge in [-0.05, 0) is 48.9 Å². The molecule has 1 heterocycles. The van der Waals surface area contributed by atoms with Crippen LogP contribution in [0.3, 0.4) is 0 Å². The molecule has 4 nitrogen and oxygen atoms in total. The molecule has 2 aromatic carbocycles. The molecule has 0 saturated heterocycles. The predicted octanol–water partition coefficient (Wildman–Crippen LogP) is 4.69. The number of H-pyrrole nitrogens is 1. The molecule has 0 spiro atoms. The Bertz CT molecular complexity index is 1150. The number of aliphatic hydroxyl groups is 1. The fourth-order valence-electron chi connectivity index (χ4n) is 3.02. The standard InChI is InChI=1S/C21H16F6N2O2/c1-10(20(31)28-17(9-30)21(25,26)27)6-14-15-7-13(23)8-16(24)19(15)29-18(14)11-2-4-12(22)5-3-11/h2-8,17,29-30H,9H2,1H3,(H,28,31)/t17-/m0/s1. The van der Waals surface area contributed by atoms with E-state index in [0.717, 1.165) is 24.3 Å². The number of fused-ring (bicyclic) bond motifs is 1. The molecule has 10 heteroatoms. The lowest BCUT2D eigenvalue weighted by Crippen LogP contribution is -2.48. The van der Waals surface area contributed by atoms with Gasteiger partial charge in [-0.15, -0.1) is 0 Å². The van der Waals surface area contributed by atoms with Gasteiger partial charge in [0, 0.05) is 22.6 Å². The number of aromatic nitrogens is 1. The zero-order chi connectivity index (χ0) is 22.9. The summed E-state index contributed by atoms with van der Waals surface area (Å²) in [5.74, 6) is -3.49. The SMILES string of the molecule is CC(=Cc1c(-c2ccc(F)cc2)[nH]c2c(F)cc(F)cc12)C(=O)N[C@@H](CO)C(F)(F)F. The molecule has 0 fully saturated rings. The summed E-state index contributed by atoms with van der Waals surface area (Å²) in [6, 6.07) is 4.19. The van der Waals surface area contributed by atoms with Gasteiger partial charge in [-0.1, -0.05) is 0 Å². The molecule has 1 aromatic heterocycles. The maximum Gasteiger partial charge on any atom is 0.410 e. The van der Waals surface area contributed by atoms with Crippen LogP contribution in [0.25, 0.3) is 28.2 Å². The molecule has 3 rings (SSSR count). The average Bonchev–Trinajstić information content (AvgIpc) is 3.04. The van der Waals surface area contributed by atoms with Crippen molar-refractivity contribution in [2.45, 2.75) is 19.1 Å². The van der Waals surface area contributed by atoms with Gasteiger partial charge in [0.2, 0.25) is 5.91 Å². The van der Waals surface area contributed by atoms with Crippen molar-refractivity contribution in [2.24, 2.45) is 0 Å². The van der Waals surface area contributed by atoms with E-state index in [1.54, 1.807) is 5.32 Å². The first-order valence-electron chi connectivity index (χ1n) is 8.94. The molecule has 164 valence electrons. The molecule has 0 radical (unpaired) electrons. The van der Waals surface area contributed by atoms with E-state index < -0.39 is 42.2 Å². The number of rotatable bonds is 5. The van der Waals surface area contributed by atoms with E-state index in [2.05, 4.69) is 4.98 Å². The highest BCUT2D eigenvalue weighted by molar-refractivity contribution is 6.03. The zero-order valence-electron chi connectivity index (χ0n) is 15.9. The largest absolute Gasteiger partial charge is 0.410 e. The average molecular weight is 442 g/mol. The Hall–Kier alpha value is -3.27. The number of amides is 1. The minimum absolute atomic E-state index is 0.0403. The van der Waals surface area contributed by atoms with Gasteiger partial charge in [0.25, 0.3) is 0 Å². The van der Waals surface area contributed by atoms with E-state index in [-0.39, 0.29) is 27.7 Å².